The number of aliphatic hydroxyl groups excluding tert-OH is 1. The Morgan fingerprint density at radius 3 is 1.66 bits per heavy atom. The first kappa shape index (κ1) is 25.4. The van der Waals surface area contributed by atoms with Gasteiger partial charge >= 0.3 is 29.9 Å². The van der Waals surface area contributed by atoms with Crippen LogP contribution in [0.25, 0.3) is 0 Å². The van der Waals surface area contributed by atoms with Crippen molar-refractivity contribution in [3.63, 3.8) is 0 Å². The molecule has 12 heteroatoms. The lowest BCUT2D eigenvalue weighted by Crippen LogP contribution is -2.66. The number of halogens is 11. The molecule has 29 heavy (non-hydrogen) atoms. The van der Waals surface area contributed by atoms with Gasteiger partial charge in [0.05, 0.1) is 6.10 Å². The number of hydrogen-bond donors (Lipinski definition) is 1. The Kier molecular flexibility index (Phi) is 7.26. The molecule has 1 rings (SSSR count). The third-order valence-corrected chi connectivity index (χ3v) is 4.24. The summed E-state index contributed by atoms with van der Waals surface area (Å²) in [5.74, 6) is -28.1. The highest BCUT2D eigenvalue weighted by Gasteiger charge is 2.87. The molecule has 1 nitrogen and oxygen atoms in total. The minimum atomic E-state index is -7.47. The van der Waals surface area contributed by atoms with Crippen LogP contribution in [0.1, 0.15) is 43.4 Å². The lowest BCUT2D eigenvalue weighted by molar-refractivity contribution is -0.423. The lowest BCUT2D eigenvalue weighted by Gasteiger charge is -2.37. The zero-order valence-electron chi connectivity index (χ0n) is 14.8. The van der Waals surface area contributed by atoms with Crippen LogP contribution in [-0.2, 0) is 6.42 Å². The molecule has 0 amide bonds. The van der Waals surface area contributed by atoms with Crippen molar-refractivity contribution in [2.75, 3.05) is 0 Å². The quantitative estimate of drug-likeness (QED) is 0.426. The van der Waals surface area contributed by atoms with E-state index < -0.39 is 48.0 Å². The molecule has 0 aliphatic heterocycles. The van der Waals surface area contributed by atoms with Crippen LogP contribution in [-0.4, -0.2) is 35.0 Å². The number of alkyl halides is 11. The van der Waals surface area contributed by atoms with Gasteiger partial charge in [0.15, 0.2) is 0 Å². The van der Waals surface area contributed by atoms with Crippen molar-refractivity contribution in [1.29, 1.82) is 0 Å². The van der Waals surface area contributed by atoms with Crippen LogP contribution in [0.15, 0.2) is 24.3 Å². The van der Waals surface area contributed by atoms with Gasteiger partial charge in [0.25, 0.3) is 0 Å². The predicted octanol–water partition coefficient (Wildman–Crippen LogP) is 6.56. The fraction of sp³-hybridized carbons (Fsp3) is 0.647. The Morgan fingerprint density at radius 1 is 0.759 bits per heavy atom. The summed E-state index contributed by atoms with van der Waals surface area (Å²) in [5, 5.41) is 9.65. The van der Waals surface area contributed by atoms with E-state index in [1.54, 1.807) is 0 Å². The van der Waals surface area contributed by atoms with E-state index in [1.165, 1.54) is 12.1 Å². The first-order chi connectivity index (χ1) is 12.9. The maximum atomic E-state index is 13.7. The Balaban J connectivity index is 3.10. The predicted molar refractivity (Wildman–Crippen MR) is 80.5 cm³/mol. The third kappa shape index (κ3) is 4.77. The molecule has 1 N–H and O–H groups in total. The normalized spacial score (nSPS) is 15.5. The highest BCUT2D eigenvalue weighted by atomic mass is 19.4. The Labute approximate surface area is 158 Å². The molecule has 0 aliphatic carbocycles. The van der Waals surface area contributed by atoms with Gasteiger partial charge in [-0.3, -0.25) is 0 Å². The first-order valence-electron chi connectivity index (χ1n) is 8.27. The summed E-state index contributed by atoms with van der Waals surface area (Å²) in [6, 6.07) is 4.76. The summed E-state index contributed by atoms with van der Waals surface area (Å²) in [7, 11) is 0. The number of aliphatic hydroxyl groups is 1. The van der Waals surface area contributed by atoms with Crippen molar-refractivity contribution in [2.24, 2.45) is 0 Å². The van der Waals surface area contributed by atoms with E-state index in [-0.39, 0.29) is 0 Å². The second kappa shape index (κ2) is 8.27. The molecule has 0 heterocycles. The number of unbranched alkanes of at least 4 members (excludes halogenated alkanes) is 1. The summed E-state index contributed by atoms with van der Waals surface area (Å²) >= 11 is 0. The van der Waals surface area contributed by atoms with Crippen LogP contribution in [0.3, 0.4) is 0 Å². The summed E-state index contributed by atoms with van der Waals surface area (Å²) in [6.07, 6.45) is -10.1. The van der Waals surface area contributed by atoms with Gasteiger partial charge < -0.3 is 5.11 Å². The molecule has 0 aliphatic rings. The van der Waals surface area contributed by atoms with Gasteiger partial charge in [-0.15, -0.1) is 0 Å². The molecule has 0 saturated heterocycles. The zero-order chi connectivity index (χ0) is 22.9. The highest BCUT2D eigenvalue weighted by molar-refractivity contribution is 5.25. The lowest BCUT2D eigenvalue weighted by atomic mass is 9.92. The van der Waals surface area contributed by atoms with Crippen molar-refractivity contribution >= 4 is 0 Å². The topological polar surface area (TPSA) is 20.2 Å². The van der Waals surface area contributed by atoms with Crippen molar-refractivity contribution in [3.8, 4) is 0 Å². The molecule has 0 bridgehead atoms. The minimum absolute atomic E-state index is 0.424. The molecule has 1 aromatic rings. The fourth-order valence-electron chi connectivity index (χ4n) is 2.38. The standard InChI is InChI=1S/C17H17F11O/c1-2-3-4-10-5-7-11(8-6-10)12(29)9-13(18,19)14(20,21)15(22,23)16(24,25)17(26,27)28/h5-8,12,29H,2-4,9H2,1H3. The van der Waals surface area contributed by atoms with Gasteiger partial charge in [-0.2, -0.15) is 48.3 Å². The van der Waals surface area contributed by atoms with E-state index >= 15 is 0 Å². The van der Waals surface area contributed by atoms with Gasteiger partial charge in [0.1, 0.15) is 0 Å². The van der Waals surface area contributed by atoms with E-state index in [9.17, 15) is 53.4 Å². The van der Waals surface area contributed by atoms with Crippen LogP contribution in [0.4, 0.5) is 48.3 Å². The third-order valence-electron chi connectivity index (χ3n) is 4.24. The van der Waals surface area contributed by atoms with Crippen LogP contribution >= 0.6 is 0 Å². The number of benzene rings is 1. The molecule has 168 valence electrons. The van der Waals surface area contributed by atoms with Gasteiger partial charge in [-0.25, -0.2) is 0 Å². The molecule has 0 saturated carbocycles. The first-order valence-corrected chi connectivity index (χ1v) is 8.27. The average molecular weight is 446 g/mol. The minimum Gasteiger partial charge on any atom is -0.388 e. The zero-order valence-corrected chi connectivity index (χ0v) is 14.8. The molecule has 0 fully saturated rings. The smallest absolute Gasteiger partial charge is 0.388 e. The molecule has 0 radical (unpaired) electrons. The van der Waals surface area contributed by atoms with Crippen molar-refractivity contribution in [1.82, 2.24) is 0 Å². The molecule has 0 spiro atoms. The number of rotatable bonds is 9. The van der Waals surface area contributed by atoms with Crippen LogP contribution in [0.5, 0.6) is 0 Å². The van der Waals surface area contributed by atoms with Crippen LogP contribution in [0.2, 0.25) is 0 Å². The fourth-order valence-corrected chi connectivity index (χ4v) is 2.38. The van der Waals surface area contributed by atoms with E-state index in [2.05, 4.69) is 0 Å². The van der Waals surface area contributed by atoms with E-state index in [0.29, 0.717) is 12.0 Å². The Hall–Kier alpha value is -1.59. The number of hydrogen-bond acceptors (Lipinski definition) is 1. The summed E-state index contributed by atoms with van der Waals surface area (Å²) < 4.78 is 143. The van der Waals surface area contributed by atoms with Crippen LogP contribution < -0.4 is 0 Å². The van der Waals surface area contributed by atoms with Gasteiger partial charge in [-0.05, 0) is 24.0 Å². The second-order valence-corrected chi connectivity index (χ2v) is 6.49. The van der Waals surface area contributed by atoms with Crippen molar-refractivity contribution in [3.05, 3.63) is 35.4 Å². The van der Waals surface area contributed by atoms with E-state index in [4.69, 9.17) is 0 Å². The molecule has 1 atom stereocenters. The molecular weight excluding hydrogens is 429 g/mol. The van der Waals surface area contributed by atoms with Gasteiger partial charge in [-0.1, -0.05) is 37.6 Å². The van der Waals surface area contributed by atoms with Gasteiger partial charge in [0.2, 0.25) is 0 Å². The molecular formula is C17H17F11O. The van der Waals surface area contributed by atoms with Crippen molar-refractivity contribution < 1.29 is 53.4 Å². The van der Waals surface area contributed by atoms with E-state index in [1.807, 2.05) is 6.92 Å². The second-order valence-electron chi connectivity index (χ2n) is 6.49. The monoisotopic (exact) mass is 446 g/mol. The summed E-state index contributed by atoms with van der Waals surface area (Å²) in [4.78, 5) is 0. The Morgan fingerprint density at radius 2 is 1.24 bits per heavy atom. The van der Waals surface area contributed by atoms with Gasteiger partial charge in [0, 0.05) is 6.42 Å². The maximum absolute atomic E-state index is 13.7. The molecule has 0 aromatic heterocycles. The SMILES string of the molecule is CCCCc1ccc(C(O)CC(F)(F)C(F)(F)C(F)(F)C(F)(F)C(F)(F)F)cc1. The largest absolute Gasteiger partial charge is 0.460 e. The highest BCUT2D eigenvalue weighted by Crippen LogP contribution is 2.58. The Bertz CT molecular complexity index is 665. The summed E-state index contributed by atoms with van der Waals surface area (Å²) in [5.41, 5.74) is 0.267. The molecule has 1 aromatic carbocycles. The van der Waals surface area contributed by atoms with E-state index in [0.717, 1.165) is 25.0 Å². The average Bonchev–Trinajstić information content (AvgIpc) is 2.58. The maximum Gasteiger partial charge on any atom is 0.460 e. The van der Waals surface area contributed by atoms with Crippen molar-refractivity contribution in [2.45, 2.75) is 68.6 Å². The molecule has 1 unspecified atom stereocenters. The van der Waals surface area contributed by atoms with Crippen LogP contribution in [0, 0.1) is 0 Å². The summed E-state index contributed by atoms with van der Waals surface area (Å²) in [6.45, 7) is 1.89. The number of aryl methyl sites for hydroxylation is 1.